The number of ketones is 1. The summed E-state index contributed by atoms with van der Waals surface area (Å²) in [5.74, 6) is 1.28. The van der Waals surface area contributed by atoms with Crippen LogP contribution in [0.15, 0.2) is 11.6 Å². The van der Waals surface area contributed by atoms with Gasteiger partial charge in [0.05, 0.1) is 6.10 Å². The first kappa shape index (κ1) is 10.9. The fourth-order valence-corrected chi connectivity index (χ4v) is 3.17. The summed E-state index contributed by atoms with van der Waals surface area (Å²) in [6.07, 6.45) is 3.36. The summed E-state index contributed by atoms with van der Waals surface area (Å²) in [4.78, 5) is 11.9. The molecule has 2 nitrogen and oxygen atoms in total. The Balaban J connectivity index is 2.33. The number of rotatable bonds is 1. The fourth-order valence-electron chi connectivity index (χ4n) is 3.17. The van der Waals surface area contributed by atoms with E-state index >= 15 is 0 Å². The molecule has 2 aliphatic rings. The molecule has 0 heterocycles. The van der Waals surface area contributed by atoms with Gasteiger partial charge < -0.3 is 5.11 Å². The van der Waals surface area contributed by atoms with E-state index in [1.807, 2.05) is 13.8 Å². The van der Waals surface area contributed by atoms with Crippen molar-refractivity contribution in [3.63, 3.8) is 0 Å². The average Bonchev–Trinajstić information content (AvgIpc) is 2.54. The van der Waals surface area contributed by atoms with Crippen molar-refractivity contribution in [2.24, 2.45) is 23.7 Å². The third kappa shape index (κ3) is 1.65. The molecule has 4 atom stereocenters. The van der Waals surface area contributed by atoms with Crippen LogP contribution in [0, 0.1) is 23.7 Å². The van der Waals surface area contributed by atoms with E-state index in [9.17, 15) is 9.90 Å². The molecule has 2 aliphatic carbocycles. The van der Waals surface area contributed by atoms with Gasteiger partial charge in [0.1, 0.15) is 0 Å². The van der Waals surface area contributed by atoms with Crippen molar-refractivity contribution < 1.29 is 9.90 Å². The zero-order chi connectivity index (χ0) is 11.2. The molecule has 0 aromatic rings. The molecule has 84 valence electrons. The topological polar surface area (TPSA) is 37.3 Å². The van der Waals surface area contributed by atoms with Crippen molar-refractivity contribution in [3.8, 4) is 0 Å². The number of allylic oxidation sites excluding steroid dienone is 1. The average molecular weight is 208 g/mol. The molecule has 2 heteroatoms. The standard InChI is InChI=1S/C13H20O2/c1-7(2)10-6-11(14)9-5-4-8(3)12(9)13(10)15/h6-9,12-13,15H,4-5H2,1-3H3/t8-,9-,12-,13-/m1/s1. The number of hydrogen-bond donors (Lipinski definition) is 1. The third-order valence-corrected chi connectivity index (χ3v) is 4.10. The van der Waals surface area contributed by atoms with Crippen LogP contribution in [0.3, 0.4) is 0 Å². The summed E-state index contributed by atoms with van der Waals surface area (Å²) in [5.41, 5.74) is 0.940. The first-order valence-corrected chi connectivity index (χ1v) is 5.95. The smallest absolute Gasteiger partial charge is 0.159 e. The zero-order valence-electron chi connectivity index (χ0n) is 9.73. The Morgan fingerprint density at radius 1 is 1.40 bits per heavy atom. The number of aliphatic hydroxyl groups is 1. The summed E-state index contributed by atoms with van der Waals surface area (Å²) in [6, 6.07) is 0. The lowest BCUT2D eigenvalue weighted by Gasteiger charge is -2.34. The molecule has 15 heavy (non-hydrogen) atoms. The van der Waals surface area contributed by atoms with Crippen molar-refractivity contribution in [3.05, 3.63) is 11.6 Å². The lowest BCUT2D eigenvalue weighted by molar-refractivity contribution is -0.122. The summed E-state index contributed by atoms with van der Waals surface area (Å²) in [6.45, 7) is 6.25. The van der Waals surface area contributed by atoms with E-state index in [1.165, 1.54) is 0 Å². The van der Waals surface area contributed by atoms with Crippen LogP contribution in [0.2, 0.25) is 0 Å². The van der Waals surface area contributed by atoms with E-state index in [0.717, 1.165) is 18.4 Å². The Morgan fingerprint density at radius 3 is 2.67 bits per heavy atom. The Bertz CT molecular complexity index is 304. The van der Waals surface area contributed by atoms with Crippen LogP contribution in [0.4, 0.5) is 0 Å². The number of carbonyl (C=O) groups is 1. The molecule has 2 rings (SSSR count). The van der Waals surface area contributed by atoms with Crippen LogP contribution < -0.4 is 0 Å². The van der Waals surface area contributed by atoms with E-state index in [1.54, 1.807) is 6.08 Å². The van der Waals surface area contributed by atoms with Gasteiger partial charge in [-0.25, -0.2) is 0 Å². The van der Waals surface area contributed by atoms with Gasteiger partial charge in [0, 0.05) is 11.8 Å². The van der Waals surface area contributed by atoms with Crippen molar-refractivity contribution in [2.75, 3.05) is 0 Å². The molecule has 0 radical (unpaired) electrons. The zero-order valence-corrected chi connectivity index (χ0v) is 9.73. The molecule has 0 unspecified atom stereocenters. The molecule has 1 saturated carbocycles. The van der Waals surface area contributed by atoms with Crippen LogP contribution in [0.25, 0.3) is 0 Å². The lowest BCUT2D eigenvalue weighted by Crippen LogP contribution is -2.38. The first-order valence-electron chi connectivity index (χ1n) is 5.95. The number of aliphatic hydroxyl groups excluding tert-OH is 1. The van der Waals surface area contributed by atoms with Gasteiger partial charge in [0.15, 0.2) is 5.78 Å². The number of carbonyl (C=O) groups excluding carboxylic acids is 1. The molecule has 0 aliphatic heterocycles. The summed E-state index contributed by atoms with van der Waals surface area (Å²) in [7, 11) is 0. The van der Waals surface area contributed by atoms with Crippen LogP contribution >= 0.6 is 0 Å². The summed E-state index contributed by atoms with van der Waals surface area (Å²) >= 11 is 0. The lowest BCUT2D eigenvalue weighted by atomic mass is 9.73. The Morgan fingerprint density at radius 2 is 2.07 bits per heavy atom. The molecule has 1 N–H and O–H groups in total. The minimum Gasteiger partial charge on any atom is -0.388 e. The Hall–Kier alpha value is -0.630. The van der Waals surface area contributed by atoms with Crippen LogP contribution in [-0.2, 0) is 4.79 Å². The van der Waals surface area contributed by atoms with Gasteiger partial charge >= 0.3 is 0 Å². The summed E-state index contributed by atoms with van der Waals surface area (Å²) < 4.78 is 0. The van der Waals surface area contributed by atoms with Crippen LogP contribution in [0.1, 0.15) is 33.6 Å². The molecule has 0 bridgehead atoms. The first-order chi connectivity index (χ1) is 7.02. The van der Waals surface area contributed by atoms with Gasteiger partial charge in [-0.3, -0.25) is 4.79 Å². The molecular weight excluding hydrogens is 188 g/mol. The van der Waals surface area contributed by atoms with Gasteiger partial charge in [-0.05, 0) is 36.3 Å². The summed E-state index contributed by atoms with van der Waals surface area (Å²) in [5, 5.41) is 10.3. The molecule has 0 saturated heterocycles. The van der Waals surface area contributed by atoms with Crippen molar-refractivity contribution >= 4 is 5.78 Å². The second-order valence-electron chi connectivity index (χ2n) is 5.38. The number of fused-ring (bicyclic) bond motifs is 1. The highest BCUT2D eigenvalue weighted by Crippen LogP contribution is 2.45. The quantitative estimate of drug-likeness (QED) is 0.717. The van der Waals surface area contributed by atoms with E-state index < -0.39 is 0 Å². The van der Waals surface area contributed by atoms with Gasteiger partial charge in [-0.2, -0.15) is 0 Å². The maximum atomic E-state index is 11.9. The van der Waals surface area contributed by atoms with E-state index in [2.05, 4.69) is 6.92 Å². The van der Waals surface area contributed by atoms with Crippen molar-refractivity contribution in [2.45, 2.75) is 39.7 Å². The molecule has 0 amide bonds. The molecular formula is C13H20O2. The van der Waals surface area contributed by atoms with E-state index in [4.69, 9.17) is 0 Å². The highest BCUT2D eigenvalue weighted by Gasteiger charge is 2.45. The van der Waals surface area contributed by atoms with Gasteiger partial charge in [-0.15, -0.1) is 0 Å². The van der Waals surface area contributed by atoms with Gasteiger partial charge in [-0.1, -0.05) is 20.8 Å². The van der Waals surface area contributed by atoms with Crippen LogP contribution in [0.5, 0.6) is 0 Å². The van der Waals surface area contributed by atoms with Gasteiger partial charge in [0.2, 0.25) is 0 Å². The van der Waals surface area contributed by atoms with E-state index in [-0.39, 0.29) is 29.6 Å². The van der Waals surface area contributed by atoms with Crippen LogP contribution in [-0.4, -0.2) is 17.0 Å². The monoisotopic (exact) mass is 208 g/mol. The second-order valence-corrected chi connectivity index (χ2v) is 5.38. The maximum absolute atomic E-state index is 11.9. The molecule has 0 spiro atoms. The SMILES string of the molecule is CC(C)C1=CC(=O)[C@H]2CC[C@@H](C)[C@H]2[C@@H]1O. The maximum Gasteiger partial charge on any atom is 0.159 e. The molecule has 1 fully saturated rings. The predicted octanol–water partition coefficient (Wildman–Crippen LogP) is 2.17. The highest BCUT2D eigenvalue weighted by molar-refractivity contribution is 5.94. The normalized spacial score (nSPS) is 40.6. The second kappa shape index (κ2) is 3.75. The van der Waals surface area contributed by atoms with Gasteiger partial charge in [0.25, 0.3) is 0 Å². The minimum atomic E-state index is -0.384. The van der Waals surface area contributed by atoms with Crippen molar-refractivity contribution in [1.29, 1.82) is 0 Å². The third-order valence-electron chi connectivity index (χ3n) is 4.10. The Kier molecular flexibility index (Phi) is 2.72. The molecule has 0 aromatic carbocycles. The fraction of sp³-hybridized carbons (Fsp3) is 0.769. The largest absolute Gasteiger partial charge is 0.388 e. The minimum absolute atomic E-state index is 0.0949. The highest BCUT2D eigenvalue weighted by atomic mass is 16.3. The predicted molar refractivity (Wildman–Crippen MR) is 59.3 cm³/mol. The Labute approximate surface area is 91.4 Å². The van der Waals surface area contributed by atoms with Crippen molar-refractivity contribution in [1.82, 2.24) is 0 Å². The molecule has 0 aromatic heterocycles. The number of hydrogen-bond acceptors (Lipinski definition) is 2. The van der Waals surface area contributed by atoms with E-state index in [0.29, 0.717) is 5.92 Å².